The zero-order chi connectivity index (χ0) is 13.0. The summed E-state index contributed by atoms with van der Waals surface area (Å²) in [7, 11) is 0. The Hall–Kier alpha value is -2.76. The van der Waals surface area contributed by atoms with E-state index >= 15 is 0 Å². The lowest BCUT2D eigenvalue weighted by molar-refractivity contribution is -0.384. The van der Waals surface area contributed by atoms with Gasteiger partial charge < -0.3 is 5.73 Å². The molecule has 0 atom stereocenters. The topological polar surface area (TPSA) is 94.4 Å². The summed E-state index contributed by atoms with van der Waals surface area (Å²) in [6, 6.07) is 7.71. The lowest BCUT2D eigenvalue weighted by atomic mass is 10.2. The van der Waals surface area contributed by atoms with Gasteiger partial charge in [0.2, 0.25) is 0 Å². The highest BCUT2D eigenvalue weighted by atomic mass is 16.6. The Labute approximate surface area is 103 Å². The largest absolute Gasteiger partial charge is 0.397 e. The number of nitro benzene ring substituents is 1. The van der Waals surface area contributed by atoms with Gasteiger partial charge in [0.1, 0.15) is 0 Å². The first-order chi connectivity index (χ1) is 8.66. The fourth-order valence-corrected chi connectivity index (χ4v) is 1.35. The molecule has 0 fully saturated rings. The number of nitrogens with zero attached hydrogens (tertiary/aromatic N) is 3. The molecule has 0 aliphatic heterocycles. The van der Waals surface area contributed by atoms with E-state index in [0.29, 0.717) is 11.4 Å². The van der Waals surface area contributed by atoms with Gasteiger partial charge in [-0.25, -0.2) is 0 Å². The molecule has 0 aliphatic rings. The Morgan fingerprint density at radius 3 is 2.67 bits per heavy atom. The van der Waals surface area contributed by atoms with Crippen LogP contribution in [0.2, 0.25) is 0 Å². The highest BCUT2D eigenvalue weighted by Crippen LogP contribution is 2.26. The van der Waals surface area contributed by atoms with E-state index in [1.54, 1.807) is 30.7 Å². The Balaban J connectivity index is 2.31. The molecule has 1 heterocycles. The number of nitro groups is 1. The van der Waals surface area contributed by atoms with Gasteiger partial charge in [-0.05, 0) is 23.8 Å². The van der Waals surface area contributed by atoms with E-state index in [-0.39, 0.29) is 5.69 Å². The van der Waals surface area contributed by atoms with Crippen LogP contribution in [0.4, 0.5) is 17.1 Å². The normalized spacial score (nSPS) is 10.7. The molecule has 1 aromatic heterocycles. The molecule has 18 heavy (non-hydrogen) atoms. The summed E-state index contributed by atoms with van der Waals surface area (Å²) in [5.41, 5.74) is 7.28. The van der Waals surface area contributed by atoms with E-state index in [0.717, 1.165) is 5.56 Å². The van der Waals surface area contributed by atoms with Crippen molar-refractivity contribution in [2.24, 2.45) is 4.99 Å². The monoisotopic (exact) mass is 242 g/mol. The van der Waals surface area contributed by atoms with Gasteiger partial charge in [0.05, 0.1) is 16.3 Å². The van der Waals surface area contributed by atoms with E-state index < -0.39 is 4.92 Å². The van der Waals surface area contributed by atoms with Crippen LogP contribution in [0.1, 0.15) is 5.56 Å². The first kappa shape index (κ1) is 11.7. The number of nitrogens with two attached hydrogens (primary N) is 1. The van der Waals surface area contributed by atoms with Crippen molar-refractivity contribution < 1.29 is 4.92 Å². The summed E-state index contributed by atoms with van der Waals surface area (Å²) >= 11 is 0. The van der Waals surface area contributed by atoms with Crippen LogP contribution in [-0.4, -0.2) is 16.1 Å². The third-order valence-corrected chi connectivity index (χ3v) is 2.28. The molecule has 2 N–H and O–H groups in total. The molecule has 2 rings (SSSR count). The number of benzene rings is 1. The second kappa shape index (κ2) is 5.05. The average Bonchev–Trinajstić information content (AvgIpc) is 2.38. The number of non-ortho nitro benzene ring substituents is 1. The summed E-state index contributed by atoms with van der Waals surface area (Å²) in [5.74, 6) is 0. The van der Waals surface area contributed by atoms with Gasteiger partial charge in [-0.2, -0.15) is 0 Å². The Morgan fingerprint density at radius 1 is 1.28 bits per heavy atom. The van der Waals surface area contributed by atoms with Crippen LogP contribution >= 0.6 is 0 Å². The fourth-order valence-electron chi connectivity index (χ4n) is 1.35. The SMILES string of the molecule is Nc1ccc([N+](=O)[O-])cc1N=Cc1ccncc1. The minimum absolute atomic E-state index is 0.0360. The van der Waals surface area contributed by atoms with Crippen molar-refractivity contribution in [3.63, 3.8) is 0 Å². The zero-order valence-corrected chi connectivity index (χ0v) is 9.35. The van der Waals surface area contributed by atoms with Gasteiger partial charge in [-0.1, -0.05) is 0 Å². The average molecular weight is 242 g/mol. The Morgan fingerprint density at radius 2 is 2.00 bits per heavy atom. The van der Waals surface area contributed by atoms with Gasteiger partial charge in [-0.15, -0.1) is 0 Å². The van der Waals surface area contributed by atoms with E-state index in [4.69, 9.17) is 5.73 Å². The van der Waals surface area contributed by atoms with Crippen LogP contribution in [0.3, 0.4) is 0 Å². The van der Waals surface area contributed by atoms with Crippen LogP contribution in [0.5, 0.6) is 0 Å². The summed E-state index contributed by atoms with van der Waals surface area (Å²) in [6.07, 6.45) is 4.85. The summed E-state index contributed by atoms with van der Waals surface area (Å²) < 4.78 is 0. The predicted molar refractivity (Wildman–Crippen MR) is 69.0 cm³/mol. The second-order valence-electron chi connectivity index (χ2n) is 3.54. The van der Waals surface area contributed by atoms with E-state index in [1.807, 2.05) is 0 Å². The molecule has 1 aromatic carbocycles. The summed E-state index contributed by atoms with van der Waals surface area (Å²) in [5, 5.41) is 10.6. The third kappa shape index (κ3) is 2.67. The number of hydrogen-bond donors (Lipinski definition) is 1. The first-order valence-corrected chi connectivity index (χ1v) is 5.15. The Bertz CT molecular complexity index is 596. The van der Waals surface area contributed by atoms with Crippen molar-refractivity contribution in [3.8, 4) is 0 Å². The molecule has 6 heteroatoms. The van der Waals surface area contributed by atoms with Gasteiger partial charge in [0, 0.05) is 30.7 Å². The van der Waals surface area contributed by atoms with Gasteiger partial charge in [0.15, 0.2) is 0 Å². The number of anilines is 1. The summed E-state index contributed by atoms with van der Waals surface area (Å²) in [4.78, 5) is 18.2. The molecular weight excluding hydrogens is 232 g/mol. The number of pyridine rings is 1. The maximum atomic E-state index is 10.6. The fraction of sp³-hybridized carbons (Fsp3) is 0. The van der Waals surface area contributed by atoms with Crippen molar-refractivity contribution in [2.75, 3.05) is 5.73 Å². The molecule has 0 spiro atoms. The first-order valence-electron chi connectivity index (χ1n) is 5.15. The number of aliphatic imine (C=N–C) groups is 1. The molecule has 0 aliphatic carbocycles. The van der Waals surface area contributed by atoms with Gasteiger partial charge in [-0.3, -0.25) is 20.1 Å². The smallest absolute Gasteiger partial charge is 0.271 e. The van der Waals surface area contributed by atoms with Gasteiger partial charge in [0.25, 0.3) is 5.69 Å². The van der Waals surface area contributed by atoms with Crippen LogP contribution in [0.15, 0.2) is 47.7 Å². The lowest BCUT2D eigenvalue weighted by Crippen LogP contribution is -1.91. The standard InChI is InChI=1S/C12H10N4O2/c13-11-2-1-10(16(17)18)7-12(11)15-8-9-3-5-14-6-4-9/h1-8H,13H2. The lowest BCUT2D eigenvalue weighted by Gasteiger charge is -1.99. The molecule has 0 radical (unpaired) electrons. The molecule has 90 valence electrons. The van der Waals surface area contributed by atoms with E-state index in [9.17, 15) is 10.1 Å². The molecule has 0 saturated carbocycles. The van der Waals surface area contributed by atoms with Crippen LogP contribution in [0.25, 0.3) is 0 Å². The third-order valence-electron chi connectivity index (χ3n) is 2.28. The van der Waals surface area contributed by atoms with E-state index in [1.165, 1.54) is 18.2 Å². The van der Waals surface area contributed by atoms with E-state index in [2.05, 4.69) is 9.98 Å². The van der Waals surface area contributed by atoms with Crippen molar-refractivity contribution in [3.05, 3.63) is 58.4 Å². The predicted octanol–water partition coefficient (Wildman–Crippen LogP) is 2.32. The summed E-state index contributed by atoms with van der Waals surface area (Å²) in [6.45, 7) is 0. The molecular formula is C12H10N4O2. The number of hydrogen-bond acceptors (Lipinski definition) is 5. The molecule has 0 amide bonds. The number of rotatable bonds is 3. The number of aromatic nitrogens is 1. The van der Waals surface area contributed by atoms with Crippen LogP contribution < -0.4 is 5.73 Å². The second-order valence-corrected chi connectivity index (χ2v) is 3.54. The highest BCUT2D eigenvalue weighted by Gasteiger charge is 2.07. The van der Waals surface area contributed by atoms with Crippen molar-refractivity contribution >= 4 is 23.3 Å². The van der Waals surface area contributed by atoms with Crippen LogP contribution in [-0.2, 0) is 0 Å². The van der Waals surface area contributed by atoms with Crippen LogP contribution in [0, 0.1) is 10.1 Å². The number of nitrogen functional groups attached to an aromatic ring is 1. The van der Waals surface area contributed by atoms with Gasteiger partial charge >= 0.3 is 0 Å². The quantitative estimate of drug-likeness (QED) is 0.386. The Kier molecular flexibility index (Phi) is 3.29. The molecule has 0 saturated heterocycles. The molecule has 0 bridgehead atoms. The maximum Gasteiger partial charge on any atom is 0.271 e. The van der Waals surface area contributed by atoms with Crippen molar-refractivity contribution in [1.29, 1.82) is 0 Å². The molecule has 2 aromatic rings. The highest BCUT2D eigenvalue weighted by molar-refractivity contribution is 5.83. The minimum Gasteiger partial charge on any atom is -0.397 e. The maximum absolute atomic E-state index is 10.6. The molecule has 0 unspecified atom stereocenters. The molecule has 6 nitrogen and oxygen atoms in total. The zero-order valence-electron chi connectivity index (χ0n) is 9.35. The minimum atomic E-state index is -0.481. The van der Waals surface area contributed by atoms with Crippen molar-refractivity contribution in [2.45, 2.75) is 0 Å². The van der Waals surface area contributed by atoms with Crippen molar-refractivity contribution in [1.82, 2.24) is 4.98 Å².